The third kappa shape index (κ3) is 5.82. The van der Waals surface area contributed by atoms with Gasteiger partial charge in [-0.1, -0.05) is 11.6 Å². The van der Waals surface area contributed by atoms with E-state index < -0.39 is 12.1 Å². The fourth-order valence-corrected chi connectivity index (χ4v) is 4.58. The van der Waals surface area contributed by atoms with Crippen LogP contribution in [-0.2, 0) is 4.79 Å². The zero-order valence-corrected chi connectivity index (χ0v) is 16.5. The maximum Gasteiger partial charge on any atom is 0.303 e. The van der Waals surface area contributed by atoms with Crippen molar-refractivity contribution in [1.29, 1.82) is 0 Å². The van der Waals surface area contributed by atoms with Crippen molar-refractivity contribution >= 4 is 5.97 Å². The first-order chi connectivity index (χ1) is 13.9. The molecule has 2 aliphatic carbocycles. The Kier molecular flexibility index (Phi) is 7.31. The number of ether oxygens (including phenoxy) is 1. The van der Waals surface area contributed by atoms with Crippen molar-refractivity contribution in [2.24, 2.45) is 17.8 Å². The Morgan fingerprint density at radius 3 is 2.69 bits per heavy atom. The Morgan fingerprint density at radius 2 is 1.97 bits per heavy atom. The number of halogens is 1. The van der Waals surface area contributed by atoms with Crippen molar-refractivity contribution in [3.8, 4) is 5.75 Å². The van der Waals surface area contributed by atoms with Gasteiger partial charge in [-0.25, -0.2) is 4.39 Å². The normalized spacial score (nSPS) is 26.3. The summed E-state index contributed by atoms with van der Waals surface area (Å²) in [7, 11) is 0. The van der Waals surface area contributed by atoms with Gasteiger partial charge in [0.25, 0.3) is 0 Å². The third-order valence-electron chi connectivity index (χ3n) is 5.92. The molecule has 1 aromatic rings. The van der Waals surface area contributed by atoms with Crippen molar-refractivity contribution in [2.45, 2.75) is 51.0 Å². The molecule has 0 aromatic heterocycles. The molecule has 0 heterocycles. The molecule has 0 amide bonds. The molecular weight excluding hydrogens is 375 g/mol. The molecule has 0 spiro atoms. The zero-order valence-electron chi connectivity index (χ0n) is 16.5. The number of fused-ring (bicyclic) bond motifs is 1. The molecular formula is C23H29FO5. The third-order valence-corrected chi connectivity index (χ3v) is 5.92. The van der Waals surface area contributed by atoms with Gasteiger partial charge in [0, 0.05) is 18.8 Å². The Bertz CT molecular complexity index is 755. The molecule has 3 N–H and O–H groups in total. The monoisotopic (exact) mass is 404 g/mol. The Balaban J connectivity index is 1.46. The van der Waals surface area contributed by atoms with Gasteiger partial charge in [0.15, 0.2) is 0 Å². The van der Waals surface area contributed by atoms with E-state index in [0.29, 0.717) is 31.6 Å². The molecule has 0 unspecified atom stereocenters. The maximum absolute atomic E-state index is 12.9. The standard InChI is InChI=1S/C23H29FO5/c24-17-7-9-18(10-8-17)29-11-3-5-20(25)23-19-13-15(4-1-2-6-22(27)28)12-16(19)14-21(23)26/h5,7-10,12,16,19,21,23,25-26H,1-4,6,11,13-14H2,(H,27,28)/t16-,19-,21+,23-/m1/s1. The molecule has 1 fully saturated rings. The van der Waals surface area contributed by atoms with Crippen LogP contribution in [0.15, 0.2) is 47.7 Å². The van der Waals surface area contributed by atoms with Crippen LogP contribution in [0.25, 0.3) is 0 Å². The Hall–Kier alpha value is -2.34. The van der Waals surface area contributed by atoms with Gasteiger partial charge in [0.05, 0.1) is 18.5 Å². The summed E-state index contributed by atoms with van der Waals surface area (Å²) in [5.74, 6) is -0.0705. The molecule has 0 aliphatic heterocycles. The van der Waals surface area contributed by atoms with Crippen LogP contribution in [0.3, 0.4) is 0 Å². The molecule has 158 valence electrons. The highest BCUT2D eigenvalue weighted by Gasteiger charge is 2.46. The zero-order chi connectivity index (χ0) is 20.8. The first-order valence-corrected chi connectivity index (χ1v) is 10.3. The highest BCUT2D eigenvalue weighted by molar-refractivity contribution is 5.66. The summed E-state index contributed by atoms with van der Waals surface area (Å²) in [5, 5.41) is 29.7. The average molecular weight is 404 g/mol. The van der Waals surface area contributed by atoms with Gasteiger partial charge in [-0.2, -0.15) is 0 Å². The van der Waals surface area contributed by atoms with E-state index in [1.54, 1.807) is 18.2 Å². The number of aliphatic hydroxyl groups excluding tert-OH is 2. The summed E-state index contributed by atoms with van der Waals surface area (Å²) < 4.78 is 18.4. The quantitative estimate of drug-likeness (QED) is 0.301. The molecule has 5 nitrogen and oxygen atoms in total. The number of hydrogen-bond donors (Lipinski definition) is 3. The molecule has 4 atom stereocenters. The van der Waals surface area contributed by atoms with E-state index in [4.69, 9.17) is 9.84 Å². The van der Waals surface area contributed by atoms with Gasteiger partial charge < -0.3 is 20.1 Å². The molecule has 0 radical (unpaired) electrons. The number of aliphatic hydroxyl groups is 2. The van der Waals surface area contributed by atoms with Crippen LogP contribution in [0.1, 0.15) is 44.9 Å². The SMILES string of the molecule is O=C(O)CCCCC1=C[C@@H]2C[C@H](O)[C@@H](C(O)=CCCOc3ccc(F)cc3)[C@@H]2C1. The van der Waals surface area contributed by atoms with Crippen LogP contribution in [0, 0.1) is 23.6 Å². The number of carbonyl (C=O) groups is 1. The van der Waals surface area contributed by atoms with Crippen LogP contribution < -0.4 is 4.74 Å². The Morgan fingerprint density at radius 1 is 1.21 bits per heavy atom. The largest absolute Gasteiger partial charge is 0.512 e. The smallest absolute Gasteiger partial charge is 0.303 e. The molecule has 3 rings (SSSR count). The molecule has 0 saturated heterocycles. The minimum atomic E-state index is -0.760. The van der Waals surface area contributed by atoms with Gasteiger partial charge in [-0.15, -0.1) is 0 Å². The van der Waals surface area contributed by atoms with E-state index in [9.17, 15) is 19.4 Å². The minimum Gasteiger partial charge on any atom is -0.512 e. The number of carboxylic acid groups (broad SMARTS) is 1. The fraction of sp³-hybridized carbons (Fsp3) is 0.522. The maximum atomic E-state index is 12.9. The summed E-state index contributed by atoms with van der Waals surface area (Å²) in [6.45, 7) is 0.361. The summed E-state index contributed by atoms with van der Waals surface area (Å²) >= 11 is 0. The lowest BCUT2D eigenvalue weighted by Gasteiger charge is -2.21. The van der Waals surface area contributed by atoms with Gasteiger partial charge in [-0.3, -0.25) is 4.79 Å². The number of aliphatic carboxylic acids is 1. The fourth-order valence-electron chi connectivity index (χ4n) is 4.58. The van der Waals surface area contributed by atoms with E-state index in [0.717, 1.165) is 19.3 Å². The van der Waals surface area contributed by atoms with Gasteiger partial charge in [0.1, 0.15) is 11.6 Å². The summed E-state index contributed by atoms with van der Waals surface area (Å²) in [6.07, 6.45) is 8.00. The number of unbranched alkanes of at least 4 members (excludes halogenated alkanes) is 1. The summed E-state index contributed by atoms with van der Waals surface area (Å²) in [5.41, 5.74) is 1.31. The number of allylic oxidation sites excluding steroid dienone is 2. The van der Waals surface area contributed by atoms with E-state index in [1.165, 1.54) is 17.7 Å². The van der Waals surface area contributed by atoms with Gasteiger partial charge in [0.2, 0.25) is 0 Å². The lowest BCUT2D eigenvalue weighted by molar-refractivity contribution is -0.137. The van der Waals surface area contributed by atoms with Crippen molar-refractivity contribution in [1.82, 2.24) is 0 Å². The van der Waals surface area contributed by atoms with Gasteiger partial charge in [-0.05, 0) is 74.3 Å². The number of carboxylic acids is 1. The number of hydrogen-bond acceptors (Lipinski definition) is 4. The lowest BCUT2D eigenvalue weighted by Crippen LogP contribution is -2.22. The molecule has 1 saturated carbocycles. The van der Waals surface area contributed by atoms with Crippen LogP contribution in [-0.4, -0.2) is 34.0 Å². The van der Waals surface area contributed by atoms with Crippen LogP contribution >= 0.6 is 0 Å². The molecule has 6 heteroatoms. The van der Waals surface area contributed by atoms with Crippen molar-refractivity contribution in [3.63, 3.8) is 0 Å². The van der Waals surface area contributed by atoms with E-state index in [-0.39, 0.29) is 35.8 Å². The first kappa shape index (κ1) is 21.4. The topological polar surface area (TPSA) is 87.0 Å². The highest BCUT2D eigenvalue weighted by Crippen LogP contribution is 2.49. The van der Waals surface area contributed by atoms with Crippen molar-refractivity contribution in [2.75, 3.05) is 6.61 Å². The average Bonchev–Trinajstić information content (AvgIpc) is 3.19. The molecule has 2 aliphatic rings. The molecule has 0 bridgehead atoms. The van der Waals surface area contributed by atoms with Crippen LogP contribution in [0.2, 0.25) is 0 Å². The molecule has 1 aromatic carbocycles. The predicted octanol–water partition coefficient (Wildman–Crippen LogP) is 4.62. The highest BCUT2D eigenvalue weighted by atomic mass is 19.1. The Labute approximate surface area is 170 Å². The van der Waals surface area contributed by atoms with Gasteiger partial charge >= 0.3 is 5.97 Å². The van der Waals surface area contributed by atoms with Crippen LogP contribution in [0.5, 0.6) is 5.75 Å². The molecule has 29 heavy (non-hydrogen) atoms. The summed E-state index contributed by atoms with van der Waals surface area (Å²) in [4.78, 5) is 10.6. The predicted molar refractivity (Wildman–Crippen MR) is 107 cm³/mol. The second-order valence-electron chi connectivity index (χ2n) is 8.01. The number of benzene rings is 1. The summed E-state index contributed by atoms with van der Waals surface area (Å²) in [6, 6.07) is 5.80. The van der Waals surface area contributed by atoms with E-state index in [2.05, 4.69) is 6.08 Å². The second-order valence-corrected chi connectivity index (χ2v) is 8.01. The lowest BCUT2D eigenvalue weighted by atomic mass is 9.87. The van der Waals surface area contributed by atoms with Crippen LogP contribution in [0.4, 0.5) is 4.39 Å². The van der Waals surface area contributed by atoms with Crippen molar-refractivity contribution in [3.05, 3.63) is 53.6 Å². The van der Waals surface area contributed by atoms with E-state index >= 15 is 0 Å². The van der Waals surface area contributed by atoms with Crippen molar-refractivity contribution < 1.29 is 29.2 Å². The first-order valence-electron chi connectivity index (χ1n) is 10.3. The number of rotatable bonds is 10. The minimum absolute atomic E-state index is 0.199. The van der Waals surface area contributed by atoms with E-state index in [1.807, 2.05) is 0 Å². The second kappa shape index (κ2) is 9.92.